The van der Waals surface area contributed by atoms with E-state index in [2.05, 4.69) is 10.2 Å². The third kappa shape index (κ3) is 6.32. The number of ether oxygens (including phenoxy) is 3. The molecule has 2 aromatic heterocycles. The number of carbonyl (C=O) groups excluding carboxylic acids is 2. The van der Waals surface area contributed by atoms with Gasteiger partial charge in [-0.3, -0.25) is 9.36 Å². The lowest BCUT2D eigenvalue weighted by Gasteiger charge is -2.18. The van der Waals surface area contributed by atoms with Gasteiger partial charge in [-0.15, -0.1) is 0 Å². The van der Waals surface area contributed by atoms with E-state index in [1.807, 2.05) is 13.8 Å². The summed E-state index contributed by atoms with van der Waals surface area (Å²) >= 11 is 5.88. The van der Waals surface area contributed by atoms with E-state index < -0.39 is 18.0 Å². The first-order valence-corrected chi connectivity index (χ1v) is 10.2. The van der Waals surface area contributed by atoms with E-state index in [1.165, 1.54) is 12.4 Å². The van der Waals surface area contributed by atoms with Crippen LogP contribution in [0.3, 0.4) is 0 Å². The van der Waals surface area contributed by atoms with Gasteiger partial charge in [-0.2, -0.15) is 10.2 Å². The Labute approximate surface area is 184 Å². The van der Waals surface area contributed by atoms with Gasteiger partial charge in [0.2, 0.25) is 0 Å². The normalized spacial score (nSPS) is 11.7. The minimum Gasteiger partial charge on any atom is -0.490 e. The number of esters is 2. The molecule has 0 bridgehead atoms. The third-order valence-electron chi connectivity index (χ3n) is 4.31. The standard InChI is InChI=1S/C21H23ClN4O5/c1-3-25-11-15(9-23-25)20(27)30-14-19(13-29-18-7-5-17(22)6-8-18)31-21(28)16-10-24-26(4-2)12-16/h5-12,19H,3-4,13-14H2,1-2H3/t19-/m0/s1. The number of hydrogen-bond acceptors (Lipinski definition) is 7. The van der Waals surface area contributed by atoms with Crippen molar-refractivity contribution in [2.45, 2.75) is 33.0 Å². The minimum atomic E-state index is -0.835. The lowest BCUT2D eigenvalue weighted by molar-refractivity contribution is -0.0135. The molecule has 0 unspecified atom stereocenters. The van der Waals surface area contributed by atoms with Gasteiger partial charge in [-0.05, 0) is 38.1 Å². The van der Waals surface area contributed by atoms with Crippen LogP contribution in [0, 0.1) is 0 Å². The van der Waals surface area contributed by atoms with Crippen LogP contribution in [0.25, 0.3) is 0 Å². The largest absolute Gasteiger partial charge is 0.490 e. The second-order valence-electron chi connectivity index (χ2n) is 6.56. The molecule has 2 heterocycles. The van der Waals surface area contributed by atoms with Crippen molar-refractivity contribution in [1.82, 2.24) is 19.6 Å². The van der Waals surface area contributed by atoms with Crippen molar-refractivity contribution in [3.8, 4) is 5.75 Å². The molecule has 0 aliphatic rings. The zero-order valence-corrected chi connectivity index (χ0v) is 18.0. The maximum absolute atomic E-state index is 12.5. The monoisotopic (exact) mass is 446 g/mol. The number of benzene rings is 1. The van der Waals surface area contributed by atoms with Crippen molar-refractivity contribution in [2.75, 3.05) is 13.2 Å². The summed E-state index contributed by atoms with van der Waals surface area (Å²) in [4.78, 5) is 24.8. The van der Waals surface area contributed by atoms with Gasteiger partial charge in [0.25, 0.3) is 0 Å². The van der Waals surface area contributed by atoms with Gasteiger partial charge in [0.1, 0.15) is 19.0 Å². The first kappa shape index (κ1) is 22.4. The Morgan fingerprint density at radius 3 is 2.06 bits per heavy atom. The summed E-state index contributed by atoms with van der Waals surface area (Å²) in [6, 6.07) is 6.75. The molecule has 1 atom stereocenters. The fourth-order valence-corrected chi connectivity index (χ4v) is 2.72. The van der Waals surface area contributed by atoms with E-state index >= 15 is 0 Å². The number of nitrogens with zero attached hydrogens (tertiary/aromatic N) is 4. The van der Waals surface area contributed by atoms with E-state index in [-0.39, 0.29) is 13.2 Å². The Balaban J connectivity index is 1.64. The fraction of sp³-hybridized carbons (Fsp3) is 0.333. The smallest absolute Gasteiger partial charge is 0.341 e. The molecule has 0 N–H and O–H groups in total. The Morgan fingerprint density at radius 2 is 1.52 bits per heavy atom. The van der Waals surface area contributed by atoms with Gasteiger partial charge in [0, 0.05) is 30.5 Å². The number of halogens is 1. The molecule has 0 saturated heterocycles. The maximum atomic E-state index is 12.5. The Bertz CT molecular complexity index is 1010. The van der Waals surface area contributed by atoms with Crippen molar-refractivity contribution in [2.24, 2.45) is 0 Å². The van der Waals surface area contributed by atoms with Gasteiger partial charge in [-0.1, -0.05) is 11.6 Å². The molecule has 0 saturated carbocycles. The molecule has 3 rings (SSSR count). The van der Waals surface area contributed by atoms with Crippen molar-refractivity contribution in [3.05, 3.63) is 65.2 Å². The molecule has 0 fully saturated rings. The topological polar surface area (TPSA) is 97.5 Å². The van der Waals surface area contributed by atoms with E-state index in [1.54, 1.807) is 46.0 Å². The summed E-state index contributed by atoms with van der Waals surface area (Å²) in [5.74, 6) is -0.606. The van der Waals surface area contributed by atoms with Crippen LogP contribution in [0.2, 0.25) is 5.02 Å². The van der Waals surface area contributed by atoms with Crippen molar-refractivity contribution >= 4 is 23.5 Å². The molecule has 0 aliphatic carbocycles. The molecule has 164 valence electrons. The van der Waals surface area contributed by atoms with Crippen LogP contribution in [0.4, 0.5) is 0 Å². The highest BCUT2D eigenvalue weighted by Crippen LogP contribution is 2.16. The summed E-state index contributed by atoms with van der Waals surface area (Å²) in [5.41, 5.74) is 0.614. The Hall–Kier alpha value is -3.33. The fourth-order valence-electron chi connectivity index (χ4n) is 2.59. The van der Waals surface area contributed by atoms with Crippen LogP contribution in [0.5, 0.6) is 5.75 Å². The lowest BCUT2D eigenvalue weighted by atomic mass is 10.3. The summed E-state index contributed by atoms with van der Waals surface area (Å²) in [5, 5.41) is 8.69. The van der Waals surface area contributed by atoms with Gasteiger partial charge in [0.15, 0.2) is 6.10 Å². The van der Waals surface area contributed by atoms with E-state index in [4.69, 9.17) is 25.8 Å². The first-order chi connectivity index (χ1) is 15.0. The van der Waals surface area contributed by atoms with Crippen molar-refractivity contribution < 1.29 is 23.8 Å². The molecule has 0 spiro atoms. The highest BCUT2D eigenvalue weighted by molar-refractivity contribution is 6.30. The van der Waals surface area contributed by atoms with Crippen LogP contribution in [-0.2, 0) is 22.6 Å². The predicted octanol–water partition coefficient (Wildman–Crippen LogP) is 3.23. The van der Waals surface area contributed by atoms with Crippen molar-refractivity contribution in [1.29, 1.82) is 0 Å². The number of aryl methyl sites for hydroxylation is 2. The highest BCUT2D eigenvalue weighted by Gasteiger charge is 2.21. The quantitative estimate of drug-likeness (QED) is 0.441. The second kappa shape index (κ2) is 10.6. The highest BCUT2D eigenvalue weighted by atomic mass is 35.5. The number of aromatic nitrogens is 4. The number of rotatable bonds is 10. The maximum Gasteiger partial charge on any atom is 0.341 e. The summed E-state index contributed by atoms with van der Waals surface area (Å²) in [7, 11) is 0. The molecule has 0 amide bonds. The van der Waals surface area contributed by atoms with E-state index in [0.717, 1.165) is 0 Å². The van der Waals surface area contributed by atoms with Gasteiger partial charge in [0.05, 0.1) is 23.5 Å². The first-order valence-electron chi connectivity index (χ1n) is 9.79. The summed E-state index contributed by atoms with van der Waals surface area (Å²) in [6.45, 7) is 4.87. The van der Waals surface area contributed by atoms with Gasteiger partial charge >= 0.3 is 11.9 Å². The van der Waals surface area contributed by atoms with Crippen LogP contribution < -0.4 is 4.74 Å². The number of carbonyl (C=O) groups is 2. The minimum absolute atomic E-state index is 0.0171. The average molecular weight is 447 g/mol. The van der Waals surface area contributed by atoms with Crippen LogP contribution in [-0.4, -0.2) is 50.8 Å². The summed E-state index contributed by atoms with van der Waals surface area (Å²) < 4.78 is 19.7. The van der Waals surface area contributed by atoms with Gasteiger partial charge < -0.3 is 14.2 Å². The molecule has 31 heavy (non-hydrogen) atoms. The molecule has 0 aliphatic heterocycles. The second-order valence-corrected chi connectivity index (χ2v) is 7.00. The van der Waals surface area contributed by atoms with Crippen molar-refractivity contribution in [3.63, 3.8) is 0 Å². The molecule has 10 heteroatoms. The zero-order chi connectivity index (χ0) is 22.2. The Kier molecular flexibility index (Phi) is 7.66. The van der Waals surface area contributed by atoms with Crippen LogP contribution in [0.1, 0.15) is 34.6 Å². The third-order valence-corrected chi connectivity index (χ3v) is 4.56. The summed E-state index contributed by atoms with van der Waals surface area (Å²) in [6.07, 6.45) is 5.19. The SMILES string of the molecule is CCn1cc(C(=O)OC[C@H](COc2ccc(Cl)cc2)OC(=O)c2cnn(CC)c2)cn1. The Morgan fingerprint density at radius 1 is 0.935 bits per heavy atom. The molecule has 0 radical (unpaired) electrons. The average Bonchev–Trinajstić information content (AvgIpc) is 3.46. The molecule has 3 aromatic rings. The molecular formula is C21H23ClN4O5. The van der Waals surface area contributed by atoms with Crippen LogP contribution in [0.15, 0.2) is 49.1 Å². The molecule has 1 aromatic carbocycles. The van der Waals surface area contributed by atoms with E-state index in [0.29, 0.717) is 35.0 Å². The number of hydrogen-bond donors (Lipinski definition) is 0. The van der Waals surface area contributed by atoms with Gasteiger partial charge in [-0.25, -0.2) is 9.59 Å². The van der Waals surface area contributed by atoms with Crippen LogP contribution >= 0.6 is 11.6 Å². The predicted molar refractivity (Wildman–Crippen MR) is 112 cm³/mol. The van der Waals surface area contributed by atoms with E-state index in [9.17, 15) is 9.59 Å². The zero-order valence-electron chi connectivity index (χ0n) is 17.2. The lowest BCUT2D eigenvalue weighted by Crippen LogP contribution is -2.31. The molecule has 9 nitrogen and oxygen atoms in total. The molecular weight excluding hydrogens is 424 g/mol.